The second-order valence-electron chi connectivity index (χ2n) is 4.85. The number of hydrogen-bond donors (Lipinski definition) is 3. The van der Waals surface area contributed by atoms with Crippen LogP contribution in [-0.4, -0.2) is 36.1 Å². The summed E-state index contributed by atoms with van der Waals surface area (Å²) in [5.74, 6) is 0. The Hall–Kier alpha value is -1.43. The predicted molar refractivity (Wildman–Crippen MR) is 75.3 cm³/mol. The van der Waals surface area contributed by atoms with E-state index in [0.29, 0.717) is 17.7 Å². The number of aliphatic hydroxyl groups excluding tert-OH is 1. The second kappa shape index (κ2) is 6.35. The van der Waals surface area contributed by atoms with E-state index >= 15 is 0 Å². The number of aliphatic hydroxyl groups is 2. The van der Waals surface area contributed by atoms with Crippen LogP contribution in [0.15, 0.2) is 34.9 Å². The average Bonchev–Trinajstić information content (AvgIpc) is 2.93. The van der Waals surface area contributed by atoms with Gasteiger partial charge in [0, 0.05) is 18.0 Å². The smallest absolute Gasteiger partial charge is 0.134 e. The lowest BCUT2D eigenvalue weighted by molar-refractivity contribution is -0.0310. The summed E-state index contributed by atoms with van der Waals surface area (Å²) in [5.41, 5.74) is -0.629. The number of rotatable bonds is 7. The van der Waals surface area contributed by atoms with Gasteiger partial charge in [-0.1, -0.05) is 19.1 Å². The fourth-order valence-electron chi connectivity index (χ4n) is 2.48. The maximum absolute atomic E-state index is 13.5. The van der Waals surface area contributed by atoms with Crippen molar-refractivity contribution < 1.29 is 19.0 Å². The molecule has 0 radical (unpaired) electrons. The lowest BCUT2D eigenvalue weighted by Crippen LogP contribution is -2.50. The molecule has 0 saturated heterocycles. The second-order valence-corrected chi connectivity index (χ2v) is 4.85. The van der Waals surface area contributed by atoms with E-state index in [-0.39, 0.29) is 13.0 Å². The minimum absolute atomic E-state index is 0.122. The number of benzene rings is 1. The molecule has 3 N–H and O–H groups in total. The summed E-state index contributed by atoms with van der Waals surface area (Å²) < 4.78 is 18.8. The lowest BCUT2D eigenvalue weighted by Gasteiger charge is -2.34. The van der Waals surface area contributed by atoms with Crippen LogP contribution >= 0.6 is 0 Å². The molecule has 0 aliphatic heterocycles. The van der Waals surface area contributed by atoms with Gasteiger partial charge in [0.15, 0.2) is 0 Å². The molecule has 5 heteroatoms. The Balaban J connectivity index is 2.40. The van der Waals surface area contributed by atoms with Crippen molar-refractivity contribution >= 4 is 11.0 Å². The third-order valence-corrected chi connectivity index (χ3v) is 3.60. The zero-order valence-electron chi connectivity index (χ0n) is 11.5. The number of hydrogen-bond acceptors (Lipinski definition) is 4. The summed E-state index contributed by atoms with van der Waals surface area (Å²) in [6.07, 6.45) is 1.82. The number of furan rings is 1. The minimum atomic E-state index is -1.68. The van der Waals surface area contributed by atoms with Gasteiger partial charge >= 0.3 is 0 Å². The van der Waals surface area contributed by atoms with Crippen molar-refractivity contribution in [2.24, 2.45) is 0 Å². The van der Waals surface area contributed by atoms with E-state index in [0.717, 1.165) is 5.39 Å². The third kappa shape index (κ3) is 2.70. The lowest BCUT2D eigenvalue weighted by atomic mass is 9.85. The van der Waals surface area contributed by atoms with Crippen LogP contribution in [0.5, 0.6) is 0 Å². The highest BCUT2D eigenvalue weighted by atomic mass is 19.1. The van der Waals surface area contributed by atoms with Gasteiger partial charge in [0.2, 0.25) is 0 Å². The molecule has 1 heterocycles. The number of fused-ring (bicyclic) bond motifs is 1. The topological polar surface area (TPSA) is 65.6 Å². The van der Waals surface area contributed by atoms with E-state index in [1.54, 1.807) is 24.5 Å². The molecule has 2 atom stereocenters. The number of likely N-dealkylation sites (N-methyl/N-ethyl adjacent to an activating group) is 1. The van der Waals surface area contributed by atoms with Gasteiger partial charge < -0.3 is 19.9 Å². The third-order valence-electron chi connectivity index (χ3n) is 3.60. The summed E-state index contributed by atoms with van der Waals surface area (Å²) in [7, 11) is 0. The monoisotopic (exact) mass is 281 g/mol. The SMILES string of the molecule is CCNC(CCO)C(O)(CF)c1ccc2ccoc2c1. The van der Waals surface area contributed by atoms with Gasteiger partial charge in [-0.2, -0.15) is 0 Å². The van der Waals surface area contributed by atoms with Crippen LogP contribution in [0.1, 0.15) is 18.9 Å². The first-order chi connectivity index (χ1) is 9.65. The Bertz CT molecular complexity index is 551. The molecular weight excluding hydrogens is 261 g/mol. The summed E-state index contributed by atoms with van der Waals surface area (Å²) in [6, 6.07) is 6.38. The van der Waals surface area contributed by atoms with Gasteiger partial charge in [0.1, 0.15) is 17.9 Å². The van der Waals surface area contributed by atoms with Crippen molar-refractivity contribution in [3.8, 4) is 0 Å². The van der Waals surface area contributed by atoms with Crippen molar-refractivity contribution in [3.63, 3.8) is 0 Å². The van der Waals surface area contributed by atoms with Crippen LogP contribution in [-0.2, 0) is 5.60 Å². The fourth-order valence-corrected chi connectivity index (χ4v) is 2.48. The normalized spacial score (nSPS) is 16.2. The standard InChI is InChI=1S/C15H20FNO3/c1-2-17-14(5-7-18)15(19,10-16)12-4-3-11-6-8-20-13(11)9-12/h3-4,6,8-9,14,17-19H,2,5,7,10H2,1H3. The van der Waals surface area contributed by atoms with Crippen molar-refractivity contribution in [1.82, 2.24) is 5.32 Å². The molecule has 0 amide bonds. The fraction of sp³-hybridized carbons (Fsp3) is 0.467. The van der Waals surface area contributed by atoms with Crippen LogP contribution in [0.2, 0.25) is 0 Å². The molecule has 0 spiro atoms. The first-order valence-electron chi connectivity index (χ1n) is 6.76. The Kier molecular flexibility index (Phi) is 4.75. The van der Waals surface area contributed by atoms with Crippen LogP contribution < -0.4 is 5.32 Å². The average molecular weight is 281 g/mol. The summed E-state index contributed by atoms with van der Waals surface area (Å²) in [5, 5.41) is 23.8. The van der Waals surface area contributed by atoms with E-state index in [1.165, 1.54) is 0 Å². The Morgan fingerprint density at radius 3 is 2.85 bits per heavy atom. The molecule has 110 valence electrons. The number of halogens is 1. The molecular formula is C15H20FNO3. The maximum atomic E-state index is 13.5. The summed E-state index contributed by atoms with van der Waals surface area (Å²) in [6.45, 7) is 1.40. The Morgan fingerprint density at radius 1 is 1.40 bits per heavy atom. The van der Waals surface area contributed by atoms with Crippen LogP contribution in [0.25, 0.3) is 11.0 Å². The van der Waals surface area contributed by atoms with Crippen LogP contribution in [0.4, 0.5) is 4.39 Å². The molecule has 2 aromatic rings. The van der Waals surface area contributed by atoms with E-state index in [1.807, 2.05) is 13.0 Å². The van der Waals surface area contributed by atoms with E-state index in [9.17, 15) is 9.50 Å². The molecule has 0 aliphatic rings. The van der Waals surface area contributed by atoms with Crippen molar-refractivity contribution in [2.45, 2.75) is 25.0 Å². The van der Waals surface area contributed by atoms with Gasteiger partial charge in [0.05, 0.1) is 6.26 Å². The van der Waals surface area contributed by atoms with E-state index in [4.69, 9.17) is 9.52 Å². The van der Waals surface area contributed by atoms with Gasteiger partial charge in [-0.15, -0.1) is 0 Å². The number of alkyl halides is 1. The highest BCUT2D eigenvalue weighted by Crippen LogP contribution is 2.30. The van der Waals surface area contributed by atoms with Gasteiger partial charge in [-0.3, -0.25) is 0 Å². The van der Waals surface area contributed by atoms with E-state index in [2.05, 4.69) is 5.32 Å². The van der Waals surface area contributed by atoms with Crippen molar-refractivity contribution in [1.29, 1.82) is 0 Å². The molecule has 1 aromatic heterocycles. The Labute approximate surface area is 117 Å². The largest absolute Gasteiger partial charge is 0.464 e. The summed E-state index contributed by atoms with van der Waals surface area (Å²) >= 11 is 0. The highest BCUT2D eigenvalue weighted by molar-refractivity contribution is 5.77. The minimum Gasteiger partial charge on any atom is -0.464 e. The van der Waals surface area contributed by atoms with Crippen molar-refractivity contribution in [3.05, 3.63) is 36.1 Å². The van der Waals surface area contributed by atoms with Gasteiger partial charge in [0.25, 0.3) is 0 Å². The molecule has 0 aliphatic carbocycles. The Morgan fingerprint density at radius 2 is 2.20 bits per heavy atom. The number of nitrogens with one attached hydrogen (secondary N) is 1. The summed E-state index contributed by atoms with van der Waals surface area (Å²) in [4.78, 5) is 0. The maximum Gasteiger partial charge on any atom is 0.134 e. The molecule has 2 unspecified atom stereocenters. The highest BCUT2D eigenvalue weighted by Gasteiger charge is 2.38. The quantitative estimate of drug-likeness (QED) is 0.726. The molecule has 1 aromatic carbocycles. The van der Waals surface area contributed by atoms with Gasteiger partial charge in [-0.05, 0) is 30.7 Å². The van der Waals surface area contributed by atoms with Crippen molar-refractivity contribution in [2.75, 3.05) is 19.8 Å². The molecule has 4 nitrogen and oxygen atoms in total. The predicted octanol–water partition coefficient (Wildman–Crippen LogP) is 1.95. The first-order valence-corrected chi connectivity index (χ1v) is 6.76. The van der Waals surface area contributed by atoms with Crippen LogP contribution in [0, 0.1) is 0 Å². The molecule has 0 bridgehead atoms. The molecule has 20 heavy (non-hydrogen) atoms. The first kappa shape index (κ1) is 15.0. The molecule has 0 fully saturated rings. The van der Waals surface area contributed by atoms with E-state index < -0.39 is 18.3 Å². The van der Waals surface area contributed by atoms with Crippen LogP contribution in [0.3, 0.4) is 0 Å². The molecule has 2 rings (SSSR count). The molecule has 0 saturated carbocycles. The zero-order chi connectivity index (χ0) is 14.6. The van der Waals surface area contributed by atoms with Gasteiger partial charge in [-0.25, -0.2) is 4.39 Å². The zero-order valence-corrected chi connectivity index (χ0v) is 11.5.